The highest BCUT2D eigenvalue weighted by molar-refractivity contribution is 7.54. The lowest BCUT2D eigenvalue weighted by molar-refractivity contribution is 0.400. The van der Waals surface area contributed by atoms with Crippen LogP contribution in [0.15, 0.2) is 30.3 Å². The Morgan fingerprint density at radius 3 is 2.40 bits per heavy atom. The van der Waals surface area contributed by atoms with Crippen molar-refractivity contribution in [2.45, 2.75) is 0 Å². The number of hydrogen-bond donors (Lipinski definition) is 1. The van der Waals surface area contributed by atoms with Crippen LogP contribution in [0.4, 0.5) is 0 Å². The van der Waals surface area contributed by atoms with E-state index in [1.807, 2.05) is 30.3 Å². The van der Waals surface area contributed by atoms with Crippen molar-refractivity contribution in [3.05, 3.63) is 30.3 Å². The van der Waals surface area contributed by atoms with Crippen LogP contribution in [0.1, 0.15) is 0 Å². The van der Waals surface area contributed by atoms with Crippen LogP contribution < -0.4 is 5.30 Å². The maximum atomic E-state index is 9.17. The summed E-state index contributed by atoms with van der Waals surface area (Å²) >= 11 is 0. The van der Waals surface area contributed by atoms with Crippen molar-refractivity contribution in [1.29, 1.82) is 0 Å². The first-order chi connectivity index (χ1) is 4.84. The maximum absolute atomic E-state index is 9.17. The second-order valence-electron chi connectivity index (χ2n) is 1.79. The van der Waals surface area contributed by atoms with E-state index in [0.717, 1.165) is 5.30 Å². The Morgan fingerprint density at radius 2 is 1.90 bits per heavy atom. The van der Waals surface area contributed by atoms with Gasteiger partial charge in [-0.2, -0.15) is 0 Å². The third kappa shape index (κ3) is 1.77. The summed E-state index contributed by atoms with van der Waals surface area (Å²) in [5.41, 5.74) is 0. The summed E-state index contributed by atoms with van der Waals surface area (Å²) in [6.45, 7) is 0. The van der Waals surface area contributed by atoms with E-state index in [2.05, 4.69) is 0 Å². The third-order valence-electron chi connectivity index (χ3n) is 1.15. The van der Waals surface area contributed by atoms with Gasteiger partial charge in [0.2, 0.25) is 8.38 Å². The molecule has 1 rings (SSSR count). The minimum atomic E-state index is -1.37. The minimum Gasteiger partial charge on any atom is -0.346 e. The number of benzene rings is 1. The summed E-state index contributed by atoms with van der Waals surface area (Å²) in [7, 11) is 0.125. The highest BCUT2D eigenvalue weighted by atomic mass is 31.2. The Morgan fingerprint density at radius 1 is 1.30 bits per heavy atom. The van der Waals surface area contributed by atoms with Gasteiger partial charge in [0.15, 0.2) is 0 Å². The lowest BCUT2D eigenvalue weighted by Gasteiger charge is -2.04. The topological polar surface area (TPSA) is 29.5 Å². The molecule has 0 fully saturated rings. The molecule has 0 saturated carbocycles. The molecule has 0 bridgehead atoms. The number of hydrogen-bond acceptors (Lipinski definition) is 2. The largest absolute Gasteiger partial charge is 0.346 e. The van der Waals surface area contributed by atoms with E-state index < -0.39 is 8.38 Å². The van der Waals surface area contributed by atoms with Crippen LogP contribution >= 0.6 is 8.38 Å². The summed E-state index contributed by atoms with van der Waals surface area (Å²) < 4.78 is 4.76. The van der Waals surface area contributed by atoms with E-state index in [4.69, 9.17) is 4.52 Å². The summed E-state index contributed by atoms with van der Waals surface area (Å²) in [5.74, 6) is 0. The van der Waals surface area contributed by atoms with Crippen molar-refractivity contribution in [1.82, 2.24) is 0 Å². The normalized spacial score (nSPS) is 13.0. The molecular formula is C7H9O2P. The Hall–Kier alpha value is -0.430. The molecule has 1 atom stereocenters. The van der Waals surface area contributed by atoms with E-state index in [0.29, 0.717) is 0 Å². The molecule has 0 aliphatic heterocycles. The zero-order chi connectivity index (χ0) is 7.40. The van der Waals surface area contributed by atoms with E-state index in [9.17, 15) is 4.89 Å². The monoisotopic (exact) mass is 156 g/mol. The van der Waals surface area contributed by atoms with Crippen molar-refractivity contribution in [2.24, 2.45) is 0 Å². The first-order valence-corrected chi connectivity index (χ1v) is 4.14. The first kappa shape index (κ1) is 7.67. The Kier molecular flexibility index (Phi) is 2.82. The lowest BCUT2D eigenvalue weighted by Crippen LogP contribution is -1.98. The van der Waals surface area contributed by atoms with E-state index in [-0.39, 0.29) is 0 Å². The maximum Gasteiger partial charge on any atom is 0.202 e. The quantitative estimate of drug-likeness (QED) is 0.653. The number of rotatable bonds is 2. The minimum absolute atomic E-state index is 0.847. The van der Waals surface area contributed by atoms with Gasteiger partial charge in [-0.1, -0.05) is 18.2 Å². The summed E-state index contributed by atoms with van der Waals surface area (Å²) in [4.78, 5) is 9.17. The molecule has 1 N–H and O–H groups in total. The lowest BCUT2D eigenvalue weighted by atomic mass is 10.4. The van der Waals surface area contributed by atoms with Crippen molar-refractivity contribution in [3.8, 4) is 0 Å². The van der Waals surface area contributed by atoms with Crippen molar-refractivity contribution in [2.75, 3.05) is 7.11 Å². The van der Waals surface area contributed by atoms with Crippen LogP contribution in [0.3, 0.4) is 0 Å². The van der Waals surface area contributed by atoms with Gasteiger partial charge >= 0.3 is 0 Å². The molecule has 0 radical (unpaired) electrons. The van der Waals surface area contributed by atoms with Gasteiger partial charge in [-0.05, 0) is 12.1 Å². The fourth-order valence-corrected chi connectivity index (χ4v) is 1.30. The van der Waals surface area contributed by atoms with Crippen molar-refractivity contribution < 1.29 is 9.42 Å². The summed E-state index contributed by atoms with van der Waals surface area (Å²) in [5, 5.41) is 0.847. The molecule has 0 amide bonds. The van der Waals surface area contributed by atoms with Gasteiger partial charge in [-0.15, -0.1) is 0 Å². The highest BCUT2D eigenvalue weighted by Crippen LogP contribution is 2.27. The van der Waals surface area contributed by atoms with Gasteiger partial charge in [0.25, 0.3) is 0 Å². The van der Waals surface area contributed by atoms with Gasteiger partial charge in [0.1, 0.15) is 0 Å². The van der Waals surface area contributed by atoms with Crippen molar-refractivity contribution in [3.63, 3.8) is 0 Å². The van der Waals surface area contributed by atoms with Crippen molar-refractivity contribution >= 4 is 13.7 Å². The molecule has 10 heavy (non-hydrogen) atoms. The summed E-state index contributed by atoms with van der Waals surface area (Å²) in [6, 6.07) is 9.34. The molecular weight excluding hydrogens is 147 g/mol. The van der Waals surface area contributed by atoms with Crippen LogP contribution in [0, 0.1) is 0 Å². The zero-order valence-corrected chi connectivity index (χ0v) is 6.58. The Bertz CT molecular complexity index is 188. The van der Waals surface area contributed by atoms with Crippen LogP contribution in [-0.4, -0.2) is 12.0 Å². The molecule has 1 aromatic rings. The predicted molar refractivity (Wildman–Crippen MR) is 42.2 cm³/mol. The molecule has 0 aliphatic carbocycles. The summed E-state index contributed by atoms with van der Waals surface area (Å²) in [6.07, 6.45) is 0. The van der Waals surface area contributed by atoms with Crippen LogP contribution in [0.25, 0.3) is 0 Å². The van der Waals surface area contributed by atoms with E-state index in [1.165, 1.54) is 7.11 Å². The van der Waals surface area contributed by atoms with Gasteiger partial charge < -0.3 is 9.42 Å². The molecule has 1 aromatic carbocycles. The fraction of sp³-hybridized carbons (Fsp3) is 0.143. The smallest absolute Gasteiger partial charge is 0.202 e. The molecule has 0 aliphatic rings. The Labute approximate surface area is 61.4 Å². The van der Waals surface area contributed by atoms with Crippen LogP contribution in [-0.2, 0) is 4.52 Å². The molecule has 54 valence electrons. The molecule has 3 heteroatoms. The second kappa shape index (κ2) is 3.67. The zero-order valence-electron chi connectivity index (χ0n) is 5.69. The molecule has 2 nitrogen and oxygen atoms in total. The standard InChI is InChI=1S/C7H9O2P/c1-9-10(8)7-5-3-2-4-6-7/h2-6,8H,1H3. The van der Waals surface area contributed by atoms with Gasteiger partial charge in [-0.25, -0.2) is 0 Å². The SMILES string of the molecule is COP(O)c1ccccc1. The van der Waals surface area contributed by atoms with Gasteiger partial charge in [0.05, 0.1) is 0 Å². The third-order valence-corrected chi connectivity index (χ3v) is 2.24. The molecule has 0 saturated heterocycles. The first-order valence-electron chi connectivity index (χ1n) is 2.93. The average Bonchev–Trinajstić information content (AvgIpc) is 2.05. The Balaban J connectivity index is 2.75. The van der Waals surface area contributed by atoms with E-state index >= 15 is 0 Å². The average molecular weight is 156 g/mol. The molecule has 0 spiro atoms. The predicted octanol–water partition coefficient (Wildman–Crippen LogP) is 1.26. The van der Waals surface area contributed by atoms with Gasteiger partial charge in [0, 0.05) is 12.4 Å². The van der Waals surface area contributed by atoms with Crippen LogP contribution in [0.2, 0.25) is 0 Å². The highest BCUT2D eigenvalue weighted by Gasteiger charge is 2.03. The van der Waals surface area contributed by atoms with E-state index in [1.54, 1.807) is 0 Å². The molecule has 0 aromatic heterocycles. The van der Waals surface area contributed by atoms with Crippen LogP contribution in [0.5, 0.6) is 0 Å². The molecule has 1 unspecified atom stereocenters. The fourth-order valence-electron chi connectivity index (χ4n) is 0.661. The molecule has 0 heterocycles. The second-order valence-corrected chi connectivity index (χ2v) is 3.22. The van der Waals surface area contributed by atoms with Gasteiger partial charge in [-0.3, -0.25) is 0 Å².